The highest BCUT2D eigenvalue weighted by atomic mass is 16.5. The van der Waals surface area contributed by atoms with E-state index >= 15 is 0 Å². The molecule has 1 aromatic rings. The molecule has 0 radical (unpaired) electrons. The van der Waals surface area contributed by atoms with Crippen molar-refractivity contribution in [2.24, 2.45) is 0 Å². The quantitative estimate of drug-likeness (QED) is 0.536. The van der Waals surface area contributed by atoms with Gasteiger partial charge in [-0.1, -0.05) is 0 Å². The van der Waals surface area contributed by atoms with Crippen LogP contribution in [0.3, 0.4) is 0 Å². The van der Waals surface area contributed by atoms with Gasteiger partial charge in [-0.25, -0.2) is 4.79 Å². The maximum atomic E-state index is 11.7. The Hall–Kier alpha value is -1.71. The van der Waals surface area contributed by atoms with Gasteiger partial charge >= 0.3 is 5.97 Å². The molecule has 0 spiro atoms. The summed E-state index contributed by atoms with van der Waals surface area (Å²) < 4.78 is 5.13. The molecule has 0 saturated heterocycles. The van der Waals surface area contributed by atoms with Gasteiger partial charge in [-0.3, -0.25) is 9.78 Å². The molecule has 1 atom stereocenters. The SMILES string of the molecule is CC(=O)c1c(C)nc(C)c2c1C(=O)OC2C. The summed E-state index contributed by atoms with van der Waals surface area (Å²) in [6.07, 6.45) is -0.311. The van der Waals surface area contributed by atoms with Crippen molar-refractivity contribution in [1.29, 1.82) is 0 Å². The van der Waals surface area contributed by atoms with Crippen molar-refractivity contribution in [3.63, 3.8) is 0 Å². The number of Topliss-reactive ketones (excluding diaryl/α,β-unsaturated/α-hetero) is 1. The summed E-state index contributed by atoms with van der Waals surface area (Å²) in [6, 6.07) is 0. The maximum absolute atomic E-state index is 11.7. The van der Waals surface area contributed by atoms with Gasteiger partial charge in [0.25, 0.3) is 0 Å². The largest absolute Gasteiger partial charge is 0.454 e. The Bertz CT molecular complexity index is 505. The van der Waals surface area contributed by atoms with Gasteiger partial charge in [0, 0.05) is 17.0 Å². The van der Waals surface area contributed by atoms with Crippen molar-refractivity contribution < 1.29 is 14.3 Å². The predicted molar refractivity (Wildman–Crippen MR) is 57.5 cm³/mol. The van der Waals surface area contributed by atoms with Gasteiger partial charge < -0.3 is 4.74 Å². The van der Waals surface area contributed by atoms with Gasteiger partial charge in [0.2, 0.25) is 0 Å². The molecular formula is C12H13NO3. The average Bonchev–Trinajstić information content (AvgIpc) is 2.41. The van der Waals surface area contributed by atoms with Crippen LogP contribution in [-0.2, 0) is 4.74 Å². The minimum atomic E-state index is -0.415. The molecule has 1 aromatic heterocycles. The summed E-state index contributed by atoms with van der Waals surface area (Å²) in [4.78, 5) is 27.5. The van der Waals surface area contributed by atoms with Crippen molar-refractivity contribution in [1.82, 2.24) is 4.98 Å². The van der Waals surface area contributed by atoms with Crippen LogP contribution in [0.5, 0.6) is 0 Å². The summed E-state index contributed by atoms with van der Waals surface area (Å²) in [5, 5.41) is 0. The zero-order valence-electron chi connectivity index (χ0n) is 9.75. The number of rotatable bonds is 1. The second kappa shape index (κ2) is 3.40. The molecule has 0 fully saturated rings. The number of aryl methyl sites for hydroxylation is 2. The number of hydrogen-bond donors (Lipinski definition) is 0. The molecule has 1 aliphatic heterocycles. The van der Waals surface area contributed by atoms with E-state index in [1.807, 2.05) is 6.92 Å². The van der Waals surface area contributed by atoms with Crippen LogP contribution in [0.1, 0.15) is 57.6 Å². The third-order valence-electron chi connectivity index (χ3n) is 2.85. The van der Waals surface area contributed by atoms with Crippen LogP contribution in [0.2, 0.25) is 0 Å². The fraction of sp³-hybridized carbons (Fsp3) is 0.417. The van der Waals surface area contributed by atoms with E-state index in [2.05, 4.69) is 4.98 Å². The molecule has 0 amide bonds. The first-order chi connectivity index (χ1) is 7.43. The molecule has 84 valence electrons. The third kappa shape index (κ3) is 1.33. The van der Waals surface area contributed by atoms with Gasteiger partial charge in [-0.2, -0.15) is 0 Å². The van der Waals surface area contributed by atoms with Crippen molar-refractivity contribution in [2.45, 2.75) is 33.8 Å². The predicted octanol–water partition coefficient (Wildman–Crippen LogP) is 2.13. The van der Waals surface area contributed by atoms with Crippen LogP contribution in [0.4, 0.5) is 0 Å². The molecule has 2 rings (SSSR count). The average molecular weight is 219 g/mol. The van der Waals surface area contributed by atoms with Crippen LogP contribution in [-0.4, -0.2) is 16.7 Å². The van der Waals surface area contributed by atoms with E-state index in [-0.39, 0.29) is 11.9 Å². The lowest BCUT2D eigenvalue weighted by Gasteiger charge is -2.09. The number of carbonyl (C=O) groups excluding carboxylic acids is 2. The molecule has 0 bridgehead atoms. The standard InChI is InChI=1S/C12H13NO3/c1-5-9(7(3)14)11-10(6(2)13-5)8(4)16-12(11)15/h8H,1-4H3. The van der Waals surface area contributed by atoms with E-state index in [9.17, 15) is 9.59 Å². The van der Waals surface area contributed by atoms with Gasteiger partial charge in [0.1, 0.15) is 6.10 Å². The van der Waals surface area contributed by atoms with E-state index in [0.29, 0.717) is 16.8 Å². The van der Waals surface area contributed by atoms with E-state index in [4.69, 9.17) is 4.74 Å². The highest BCUT2D eigenvalue weighted by Gasteiger charge is 2.35. The smallest absolute Gasteiger partial charge is 0.340 e. The van der Waals surface area contributed by atoms with Gasteiger partial charge in [-0.15, -0.1) is 0 Å². The second-order valence-electron chi connectivity index (χ2n) is 4.05. The number of hydrogen-bond acceptors (Lipinski definition) is 4. The van der Waals surface area contributed by atoms with Crippen LogP contribution in [0, 0.1) is 13.8 Å². The van der Waals surface area contributed by atoms with Crippen molar-refractivity contribution in [2.75, 3.05) is 0 Å². The second-order valence-corrected chi connectivity index (χ2v) is 4.05. The first-order valence-corrected chi connectivity index (χ1v) is 5.16. The van der Waals surface area contributed by atoms with Crippen molar-refractivity contribution >= 4 is 11.8 Å². The monoisotopic (exact) mass is 219 g/mol. The maximum Gasteiger partial charge on any atom is 0.340 e. The third-order valence-corrected chi connectivity index (χ3v) is 2.85. The number of pyridine rings is 1. The molecule has 0 N–H and O–H groups in total. The topological polar surface area (TPSA) is 56.3 Å². The molecule has 2 heterocycles. The van der Waals surface area contributed by atoms with E-state index < -0.39 is 5.97 Å². The fourth-order valence-electron chi connectivity index (χ4n) is 2.28. The number of fused-ring (bicyclic) bond motifs is 1. The minimum Gasteiger partial charge on any atom is -0.454 e. The first-order valence-electron chi connectivity index (χ1n) is 5.16. The summed E-state index contributed by atoms with van der Waals surface area (Å²) in [5.41, 5.74) is 2.91. The van der Waals surface area contributed by atoms with Crippen molar-refractivity contribution in [3.8, 4) is 0 Å². The zero-order chi connectivity index (χ0) is 12.0. The highest BCUT2D eigenvalue weighted by Crippen LogP contribution is 2.35. The van der Waals surface area contributed by atoms with E-state index in [1.165, 1.54) is 6.92 Å². The van der Waals surface area contributed by atoms with Gasteiger partial charge in [-0.05, 0) is 27.7 Å². The summed E-state index contributed by atoms with van der Waals surface area (Å²) >= 11 is 0. The molecule has 0 saturated carbocycles. The minimum absolute atomic E-state index is 0.146. The van der Waals surface area contributed by atoms with Crippen LogP contribution in [0.25, 0.3) is 0 Å². The Morgan fingerprint density at radius 2 is 1.94 bits per heavy atom. The normalized spacial score (nSPS) is 18.2. The number of cyclic esters (lactones) is 1. The molecule has 16 heavy (non-hydrogen) atoms. The Labute approximate surface area is 93.6 Å². The lowest BCUT2D eigenvalue weighted by molar-refractivity contribution is 0.0419. The fourth-order valence-corrected chi connectivity index (χ4v) is 2.28. The Morgan fingerprint density at radius 3 is 2.50 bits per heavy atom. The highest BCUT2D eigenvalue weighted by molar-refractivity contribution is 6.08. The summed E-state index contributed by atoms with van der Waals surface area (Å²) in [6.45, 7) is 6.79. The molecule has 0 aliphatic carbocycles. The Morgan fingerprint density at radius 1 is 1.31 bits per heavy atom. The molecule has 4 nitrogen and oxygen atoms in total. The number of esters is 1. The van der Waals surface area contributed by atoms with Crippen LogP contribution >= 0.6 is 0 Å². The summed E-state index contributed by atoms with van der Waals surface area (Å²) in [5.74, 6) is -0.561. The molecule has 4 heteroatoms. The van der Waals surface area contributed by atoms with Gasteiger partial charge in [0.05, 0.1) is 11.1 Å². The molecular weight excluding hydrogens is 206 g/mol. The molecule has 1 unspecified atom stereocenters. The van der Waals surface area contributed by atoms with Crippen LogP contribution < -0.4 is 0 Å². The first kappa shape index (κ1) is 10.8. The zero-order valence-corrected chi connectivity index (χ0v) is 9.75. The van der Waals surface area contributed by atoms with Gasteiger partial charge in [0.15, 0.2) is 5.78 Å². The molecule has 0 aromatic carbocycles. The lowest BCUT2D eigenvalue weighted by atomic mass is 9.96. The van der Waals surface area contributed by atoms with Crippen LogP contribution in [0.15, 0.2) is 0 Å². The number of aromatic nitrogens is 1. The molecule has 1 aliphatic rings. The Kier molecular flexibility index (Phi) is 2.30. The number of carbonyl (C=O) groups is 2. The van der Waals surface area contributed by atoms with Crippen molar-refractivity contribution in [3.05, 3.63) is 28.1 Å². The van der Waals surface area contributed by atoms with E-state index in [1.54, 1.807) is 13.8 Å². The number of nitrogens with zero attached hydrogens (tertiary/aromatic N) is 1. The Balaban J connectivity index is 2.84. The number of ketones is 1. The summed E-state index contributed by atoms with van der Waals surface area (Å²) in [7, 11) is 0. The van der Waals surface area contributed by atoms with E-state index in [0.717, 1.165) is 11.3 Å². The number of ether oxygens (including phenoxy) is 1. The lowest BCUT2D eigenvalue weighted by Crippen LogP contribution is -2.10.